The molecule has 172 valence electrons. The van der Waals surface area contributed by atoms with Crippen molar-refractivity contribution in [2.75, 3.05) is 22.4 Å². The van der Waals surface area contributed by atoms with Crippen LogP contribution in [0.3, 0.4) is 0 Å². The monoisotopic (exact) mass is 577 g/mol. The first-order valence-corrected chi connectivity index (χ1v) is 13.1. The molecule has 0 aliphatic carbocycles. The number of para-hydroxylation sites is 1. The fraction of sp³-hybridized carbons (Fsp3) is 0.167. The summed E-state index contributed by atoms with van der Waals surface area (Å²) < 4.78 is 26.6. The van der Waals surface area contributed by atoms with Crippen molar-refractivity contribution in [3.05, 3.63) is 93.6 Å². The van der Waals surface area contributed by atoms with Gasteiger partial charge in [0.2, 0.25) is 15.9 Å². The molecule has 0 saturated heterocycles. The van der Waals surface area contributed by atoms with Gasteiger partial charge in [0, 0.05) is 3.57 Å². The van der Waals surface area contributed by atoms with Crippen LogP contribution in [0.2, 0.25) is 0 Å². The molecule has 33 heavy (non-hydrogen) atoms. The molecule has 0 radical (unpaired) electrons. The summed E-state index contributed by atoms with van der Waals surface area (Å²) in [6, 6.07) is 22.7. The first-order chi connectivity index (χ1) is 15.6. The summed E-state index contributed by atoms with van der Waals surface area (Å²) in [6.07, 6.45) is 1.05. The van der Waals surface area contributed by atoms with Crippen molar-refractivity contribution in [3.8, 4) is 0 Å². The van der Waals surface area contributed by atoms with E-state index < -0.39 is 22.5 Å². The van der Waals surface area contributed by atoms with Crippen molar-refractivity contribution in [1.29, 1.82) is 0 Å². The van der Waals surface area contributed by atoms with Crippen LogP contribution in [0.25, 0.3) is 0 Å². The van der Waals surface area contributed by atoms with Crippen molar-refractivity contribution >= 4 is 55.8 Å². The summed E-state index contributed by atoms with van der Waals surface area (Å²) in [7, 11) is -3.70. The third-order valence-electron chi connectivity index (χ3n) is 4.90. The molecular weight excluding hydrogens is 553 g/mol. The highest BCUT2D eigenvalue weighted by molar-refractivity contribution is 14.1. The minimum Gasteiger partial charge on any atom is -0.345 e. The van der Waals surface area contributed by atoms with Crippen LogP contribution < -0.4 is 14.9 Å². The van der Waals surface area contributed by atoms with Gasteiger partial charge in [-0.25, -0.2) is 8.42 Å². The SMILES string of the molecule is C[C@H](NC(=O)c1ccccc1NC(=O)CN(c1ccc(I)cc1)S(C)(=O)=O)c1ccccc1. The highest BCUT2D eigenvalue weighted by atomic mass is 127. The Morgan fingerprint density at radius 2 is 1.55 bits per heavy atom. The maximum Gasteiger partial charge on any atom is 0.253 e. The van der Waals surface area contributed by atoms with Gasteiger partial charge in [-0.15, -0.1) is 0 Å². The quantitative estimate of drug-likeness (QED) is 0.393. The molecule has 2 amide bonds. The third-order valence-corrected chi connectivity index (χ3v) is 6.75. The Hall–Kier alpha value is -2.92. The average molecular weight is 577 g/mol. The minimum absolute atomic E-state index is 0.232. The number of nitrogens with zero attached hydrogens (tertiary/aromatic N) is 1. The number of nitrogens with one attached hydrogen (secondary N) is 2. The van der Waals surface area contributed by atoms with Crippen molar-refractivity contribution in [2.45, 2.75) is 13.0 Å². The average Bonchev–Trinajstić information content (AvgIpc) is 2.78. The van der Waals surface area contributed by atoms with E-state index in [2.05, 4.69) is 33.2 Å². The number of anilines is 2. The first kappa shape index (κ1) is 24.7. The Kier molecular flexibility index (Phi) is 8.09. The zero-order valence-electron chi connectivity index (χ0n) is 18.2. The topological polar surface area (TPSA) is 95.6 Å². The van der Waals surface area contributed by atoms with Gasteiger partial charge in [-0.3, -0.25) is 13.9 Å². The molecule has 3 aromatic rings. The van der Waals surface area contributed by atoms with Gasteiger partial charge in [0.1, 0.15) is 6.54 Å². The fourth-order valence-corrected chi connectivity index (χ4v) is 4.43. The fourth-order valence-electron chi connectivity index (χ4n) is 3.22. The van der Waals surface area contributed by atoms with Crippen molar-refractivity contribution in [2.24, 2.45) is 0 Å². The summed E-state index contributed by atoms with van der Waals surface area (Å²) in [6.45, 7) is 1.45. The lowest BCUT2D eigenvalue weighted by Gasteiger charge is -2.22. The van der Waals surface area contributed by atoms with Gasteiger partial charge >= 0.3 is 0 Å². The number of hydrogen-bond donors (Lipinski definition) is 2. The van der Waals surface area contributed by atoms with E-state index in [1.807, 2.05) is 37.3 Å². The molecular formula is C24H24IN3O4S. The molecule has 0 aliphatic rings. The predicted octanol–water partition coefficient (Wildman–Crippen LogP) is 4.19. The second-order valence-electron chi connectivity index (χ2n) is 7.45. The van der Waals surface area contributed by atoms with Gasteiger partial charge in [0.25, 0.3) is 5.91 Å². The van der Waals surface area contributed by atoms with Gasteiger partial charge in [0.15, 0.2) is 0 Å². The number of sulfonamides is 1. The van der Waals surface area contributed by atoms with Gasteiger partial charge in [-0.05, 0) is 71.5 Å². The first-order valence-electron chi connectivity index (χ1n) is 10.1. The minimum atomic E-state index is -3.70. The van der Waals surface area contributed by atoms with E-state index in [0.29, 0.717) is 11.4 Å². The molecule has 3 aromatic carbocycles. The number of carbonyl (C=O) groups excluding carboxylic acids is 2. The molecule has 0 unspecified atom stereocenters. The highest BCUT2D eigenvalue weighted by Crippen LogP contribution is 2.21. The number of amides is 2. The summed E-state index contributed by atoms with van der Waals surface area (Å²) in [5.74, 6) is -0.907. The summed E-state index contributed by atoms with van der Waals surface area (Å²) in [4.78, 5) is 25.7. The summed E-state index contributed by atoms with van der Waals surface area (Å²) in [5, 5.41) is 5.61. The van der Waals surface area contributed by atoms with E-state index in [-0.39, 0.29) is 17.5 Å². The molecule has 9 heteroatoms. The van der Waals surface area contributed by atoms with E-state index in [0.717, 1.165) is 19.7 Å². The Labute approximate surface area is 207 Å². The molecule has 3 rings (SSSR count). The smallest absolute Gasteiger partial charge is 0.253 e. The van der Waals surface area contributed by atoms with Crippen LogP contribution in [-0.2, 0) is 14.8 Å². The number of hydrogen-bond acceptors (Lipinski definition) is 4. The predicted molar refractivity (Wildman–Crippen MR) is 139 cm³/mol. The van der Waals surface area contributed by atoms with E-state index in [1.165, 1.54) is 0 Å². The number of halogens is 1. The van der Waals surface area contributed by atoms with E-state index in [9.17, 15) is 18.0 Å². The van der Waals surface area contributed by atoms with Crippen LogP contribution in [0.15, 0.2) is 78.9 Å². The second-order valence-corrected chi connectivity index (χ2v) is 10.6. The Bertz CT molecular complexity index is 1230. The molecule has 0 bridgehead atoms. The zero-order valence-corrected chi connectivity index (χ0v) is 21.1. The molecule has 7 nitrogen and oxygen atoms in total. The van der Waals surface area contributed by atoms with Gasteiger partial charge < -0.3 is 10.6 Å². The largest absolute Gasteiger partial charge is 0.345 e. The maximum atomic E-state index is 12.9. The van der Waals surface area contributed by atoms with E-state index in [1.54, 1.807) is 48.5 Å². The molecule has 0 saturated carbocycles. The van der Waals surface area contributed by atoms with Crippen LogP contribution in [0.4, 0.5) is 11.4 Å². The highest BCUT2D eigenvalue weighted by Gasteiger charge is 2.22. The lowest BCUT2D eigenvalue weighted by atomic mass is 10.1. The lowest BCUT2D eigenvalue weighted by molar-refractivity contribution is -0.114. The van der Waals surface area contributed by atoms with Crippen LogP contribution in [-0.4, -0.2) is 33.0 Å². The van der Waals surface area contributed by atoms with Crippen LogP contribution in [0, 0.1) is 3.57 Å². The Balaban J connectivity index is 1.76. The van der Waals surface area contributed by atoms with E-state index >= 15 is 0 Å². The lowest BCUT2D eigenvalue weighted by Crippen LogP contribution is -2.37. The van der Waals surface area contributed by atoms with Crippen molar-refractivity contribution in [3.63, 3.8) is 0 Å². The zero-order chi connectivity index (χ0) is 24.0. The van der Waals surface area contributed by atoms with Gasteiger partial charge in [0.05, 0.1) is 29.2 Å². The Morgan fingerprint density at radius 1 is 0.939 bits per heavy atom. The number of benzene rings is 3. The molecule has 1 atom stereocenters. The number of carbonyl (C=O) groups is 2. The maximum absolute atomic E-state index is 12.9. The van der Waals surface area contributed by atoms with Gasteiger partial charge in [-0.1, -0.05) is 42.5 Å². The van der Waals surface area contributed by atoms with Crippen LogP contribution >= 0.6 is 22.6 Å². The van der Waals surface area contributed by atoms with Gasteiger partial charge in [-0.2, -0.15) is 0 Å². The third kappa shape index (κ3) is 6.78. The number of rotatable bonds is 8. The van der Waals surface area contributed by atoms with Crippen LogP contribution in [0.1, 0.15) is 28.9 Å². The molecule has 0 fully saturated rings. The molecule has 0 aliphatic heterocycles. The molecule has 2 N–H and O–H groups in total. The standard InChI is InChI=1S/C24H24IN3O4S/c1-17(18-8-4-3-5-9-18)26-24(30)21-10-6-7-11-22(21)27-23(29)16-28(33(2,31)32)20-14-12-19(25)13-15-20/h3-15,17H,16H2,1-2H3,(H,26,30)(H,27,29)/t17-/m0/s1. The van der Waals surface area contributed by atoms with Crippen molar-refractivity contribution in [1.82, 2.24) is 5.32 Å². The second kappa shape index (κ2) is 10.8. The Morgan fingerprint density at radius 3 is 2.18 bits per heavy atom. The van der Waals surface area contributed by atoms with E-state index in [4.69, 9.17) is 0 Å². The van der Waals surface area contributed by atoms with Crippen molar-refractivity contribution < 1.29 is 18.0 Å². The normalized spacial score (nSPS) is 12.0. The molecule has 0 aromatic heterocycles. The molecule has 0 heterocycles. The van der Waals surface area contributed by atoms with Crippen LogP contribution in [0.5, 0.6) is 0 Å². The summed E-state index contributed by atoms with van der Waals surface area (Å²) in [5.41, 5.74) is 1.93. The molecule has 0 spiro atoms. The summed E-state index contributed by atoms with van der Waals surface area (Å²) >= 11 is 2.12.